The molecule has 0 aliphatic heterocycles. The van der Waals surface area contributed by atoms with E-state index in [1.165, 1.54) is 10.5 Å². The van der Waals surface area contributed by atoms with Crippen LogP contribution in [-0.4, -0.2) is 6.04 Å². The van der Waals surface area contributed by atoms with Gasteiger partial charge in [-0.2, -0.15) is 0 Å². The summed E-state index contributed by atoms with van der Waals surface area (Å²) in [4.78, 5) is 1.17. The number of rotatable bonds is 12. The first-order valence-electron chi connectivity index (χ1n) is 19.6. The second kappa shape index (κ2) is 19.0. The number of halogens is 5. The summed E-state index contributed by atoms with van der Waals surface area (Å²) in [5, 5.41) is 0. The number of hydrogen-bond donors (Lipinski definition) is 0. The third-order valence-electron chi connectivity index (χ3n) is 10.9. The Morgan fingerprint density at radius 2 is 1.41 bits per heavy atom. The summed E-state index contributed by atoms with van der Waals surface area (Å²) in [6, 6.07) is 16.4. The van der Waals surface area contributed by atoms with Crippen molar-refractivity contribution < 1.29 is 22.0 Å². The molecule has 0 saturated heterocycles. The molecule has 4 atom stereocenters. The minimum absolute atomic E-state index is 0.118. The number of benzene rings is 3. The standard InChI is InChI=1S/C52H48F5N/c1-6-45(38-28-30-44(31-29-38)58(43-21-11-8-12-22-43)52-50(56)48(54)47(53)49(55)51(52)57)42-20-15-19-40(33-42)41(26-24-34(2)3)32-39(27-25-37-17-9-7-10-18-37)36(5)46-23-14-13-16-35(46)4/h6-18,20-21,23-32,35,40,43,46H,1-2,19,22,33H2,3-5H3/b26-24-,27-25-,39-36+,41-32-,45-42+. The van der Waals surface area contributed by atoms with Crippen LogP contribution in [0.1, 0.15) is 51.2 Å². The lowest BCUT2D eigenvalue weighted by atomic mass is 9.79. The highest BCUT2D eigenvalue weighted by Gasteiger charge is 2.33. The Morgan fingerprint density at radius 3 is 2.05 bits per heavy atom. The third-order valence-corrected chi connectivity index (χ3v) is 10.9. The molecule has 3 aliphatic rings. The van der Waals surface area contributed by atoms with Gasteiger partial charge < -0.3 is 4.90 Å². The van der Waals surface area contributed by atoms with Crippen LogP contribution in [0.3, 0.4) is 0 Å². The highest BCUT2D eigenvalue weighted by atomic mass is 19.2. The molecule has 296 valence electrons. The molecule has 58 heavy (non-hydrogen) atoms. The van der Waals surface area contributed by atoms with Crippen LogP contribution in [0.5, 0.6) is 0 Å². The van der Waals surface area contributed by atoms with Crippen molar-refractivity contribution in [1.82, 2.24) is 0 Å². The molecule has 6 heteroatoms. The zero-order chi connectivity index (χ0) is 41.3. The minimum atomic E-state index is -2.19. The second-order valence-electron chi connectivity index (χ2n) is 15.0. The minimum Gasteiger partial charge on any atom is -0.329 e. The smallest absolute Gasteiger partial charge is 0.200 e. The van der Waals surface area contributed by atoms with Crippen LogP contribution in [0.25, 0.3) is 11.6 Å². The zero-order valence-corrected chi connectivity index (χ0v) is 33.1. The number of hydrogen-bond acceptors (Lipinski definition) is 1. The van der Waals surface area contributed by atoms with Gasteiger partial charge >= 0.3 is 0 Å². The average Bonchev–Trinajstić information content (AvgIpc) is 3.25. The molecule has 3 aromatic carbocycles. The molecule has 0 radical (unpaired) electrons. The van der Waals surface area contributed by atoms with Crippen molar-refractivity contribution in [3.05, 3.63) is 227 Å². The van der Waals surface area contributed by atoms with E-state index >= 15 is 8.78 Å². The summed E-state index contributed by atoms with van der Waals surface area (Å²) in [6.45, 7) is 14.7. The lowest BCUT2D eigenvalue weighted by Gasteiger charge is -2.33. The van der Waals surface area contributed by atoms with Crippen molar-refractivity contribution >= 4 is 23.0 Å². The Balaban J connectivity index is 1.38. The fourth-order valence-electron chi connectivity index (χ4n) is 7.74. The third kappa shape index (κ3) is 9.40. The predicted octanol–water partition coefficient (Wildman–Crippen LogP) is 14.8. The molecule has 6 rings (SSSR count). The Bertz CT molecular complexity index is 2310. The Kier molecular flexibility index (Phi) is 13.6. The van der Waals surface area contributed by atoms with Crippen molar-refractivity contribution in [1.29, 1.82) is 0 Å². The van der Waals surface area contributed by atoms with Crippen molar-refractivity contribution in [3.63, 3.8) is 0 Å². The summed E-state index contributed by atoms with van der Waals surface area (Å²) in [6.07, 6.45) is 34.4. The second-order valence-corrected chi connectivity index (χ2v) is 15.0. The highest BCUT2D eigenvalue weighted by molar-refractivity contribution is 5.80. The van der Waals surface area contributed by atoms with Gasteiger partial charge in [0.1, 0.15) is 5.69 Å². The van der Waals surface area contributed by atoms with Crippen molar-refractivity contribution in [2.75, 3.05) is 4.90 Å². The molecule has 0 N–H and O–H groups in total. The van der Waals surface area contributed by atoms with E-state index in [-0.39, 0.29) is 17.5 Å². The molecule has 0 fully saturated rings. The maximum atomic E-state index is 15.3. The molecule has 0 bridgehead atoms. The van der Waals surface area contributed by atoms with Crippen LogP contribution in [0.15, 0.2) is 187 Å². The topological polar surface area (TPSA) is 3.24 Å². The largest absolute Gasteiger partial charge is 0.329 e. The summed E-state index contributed by atoms with van der Waals surface area (Å²) in [7, 11) is 0. The molecule has 3 aromatic rings. The highest BCUT2D eigenvalue weighted by Crippen LogP contribution is 2.40. The van der Waals surface area contributed by atoms with Crippen molar-refractivity contribution in [2.24, 2.45) is 17.8 Å². The normalized spacial score (nSPS) is 21.8. The number of allylic oxidation sites excluding steroid dienone is 19. The van der Waals surface area contributed by atoms with E-state index in [1.54, 1.807) is 54.6 Å². The predicted molar refractivity (Wildman–Crippen MR) is 232 cm³/mol. The maximum Gasteiger partial charge on any atom is 0.200 e. The molecule has 0 aromatic heterocycles. The van der Waals surface area contributed by atoms with Crippen LogP contribution < -0.4 is 4.90 Å². The zero-order valence-electron chi connectivity index (χ0n) is 33.1. The summed E-state index contributed by atoms with van der Waals surface area (Å²) in [5.74, 6) is -9.23. The summed E-state index contributed by atoms with van der Waals surface area (Å²) >= 11 is 0. The number of nitrogens with zero attached hydrogens (tertiary/aromatic N) is 1. The molecule has 3 aliphatic carbocycles. The lowest BCUT2D eigenvalue weighted by molar-refractivity contribution is 0.378. The van der Waals surface area contributed by atoms with Gasteiger partial charge in [-0.25, -0.2) is 22.0 Å². The van der Waals surface area contributed by atoms with E-state index in [4.69, 9.17) is 0 Å². The fraction of sp³-hybridized carbons (Fsp3) is 0.192. The monoisotopic (exact) mass is 781 g/mol. The molecular formula is C52H48F5N. The number of anilines is 2. The van der Waals surface area contributed by atoms with Crippen LogP contribution in [-0.2, 0) is 0 Å². The maximum absolute atomic E-state index is 15.3. The molecular weight excluding hydrogens is 734 g/mol. The van der Waals surface area contributed by atoms with Gasteiger partial charge in [-0.05, 0) is 90.5 Å². The Hall–Kier alpha value is -6.01. The van der Waals surface area contributed by atoms with Crippen LogP contribution in [0.4, 0.5) is 33.3 Å². The molecule has 0 saturated carbocycles. The molecule has 4 unspecified atom stereocenters. The summed E-state index contributed by atoms with van der Waals surface area (Å²) in [5.41, 5.74) is 7.64. The molecule has 0 amide bonds. The fourth-order valence-corrected chi connectivity index (χ4v) is 7.74. The van der Waals surface area contributed by atoms with Gasteiger partial charge in [0.15, 0.2) is 23.3 Å². The van der Waals surface area contributed by atoms with Gasteiger partial charge in [0, 0.05) is 11.6 Å². The van der Waals surface area contributed by atoms with E-state index in [0.717, 1.165) is 45.4 Å². The van der Waals surface area contributed by atoms with Gasteiger partial charge in [0.2, 0.25) is 5.82 Å². The first kappa shape index (κ1) is 41.6. The lowest BCUT2D eigenvalue weighted by Crippen LogP contribution is -2.32. The Morgan fingerprint density at radius 1 is 0.741 bits per heavy atom. The van der Waals surface area contributed by atoms with E-state index in [9.17, 15) is 13.2 Å². The molecule has 0 heterocycles. The molecule has 1 nitrogen and oxygen atoms in total. The van der Waals surface area contributed by atoms with Crippen molar-refractivity contribution in [2.45, 2.75) is 46.1 Å². The molecule has 0 spiro atoms. The van der Waals surface area contributed by atoms with Gasteiger partial charge in [-0.3, -0.25) is 0 Å². The van der Waals surface area contributed by atoms with Crippen LogP contribution in [0, 0.1) is 46.8 Å². The SMILES string of the molecule is C=C/C(=C1/C=CCC(C(/C=C\C(=C)C)=C\C(\C=C/c2ccccc2)=C(/C)C2C=CC=CC2C)C1)c1ccc(N(c2c(F)c(F)c(F)c(F)c2F)C2C=CC=CC2)cc1. The van der Waals surface area contributed by atoms with Gasteiger partial charge in [0.05, 0.1) is 6.04 Å². The van der Waals surface area contributed by atoms with E-state index in [0.29, 0.717) is 18.8 Å². The first-order chi connectivity index (χ1) is 28.0. The van der Waals surface area contributed by atoms with Gasteiger partial charge in [-0.15, -0.1) is 0 Å². The van der Waals surface area contributed by atoms with E-state index < -0.39 is 40.8 Å². The van der Waals surface area contributed by atoms with E-state index in [1.807, 2.05) is 31.2 Å². The van der Waals surface area contributed by atoms with Gasteiger partial charge in [0.25, 0.3) is 0 Å². The Labute approximate surface area is 339 Å². The van der Waals surface area contributed by atoms with Gasteiger partial charge in [-0.1, -0.05) is 171 Å². The van der Waals surface area contributed by atoms with Crippen molar-refractivity contribution in [3.8, 4) is 0 Å². The summed E-state index contributed by atoms with van der Waals surface area (Å²) < 4.78 is 73.7. The van der Waals surface area contributed by atoms with Crippen LogP contribution >= 0.6 is 0 Å². The first-order valence-corrected chi connectivity index (χ1v) is 19.6. The average molecular weight is 782 g/mol. The van der Waals surface area contributed by atoms with E-state index in [2.05, 4.69) is 99.9 Å². The quantitative estimate of drug-likeness (QED) is 0.0766. The van der Waals surface area contributed by atoms with Crippen LogP contribution in [0.2, 0.25) is 0 Å².